The van der Waals surface area contributed by atoms with E-state index in [1.165, 1.54) is 12.1 Å². The van der Waals surface area contributed by atoms with Crippen molar-refractivity contribution in [3.8, 4) is 0 Å². The number of hydrogen-bond donors (Lipinski definition) is 3. The molecule has 2 aromatic rings. The van der Waals surface area contributed by atoms with Crippen LogP contribution in [0, 0.1) is 5.92 Å². The summed E-state index contributed by atoms with van der Waals surface area (Å²) in [5, 5.41) is 5.45. The minimum Gasteiger partial charge on any atom is -0.326 e. The van der Waals surface area contributed by atoms with E-state index in [4.69, 9.17) is 23.2 Å². The minimum atomic E-state index is -3.86. The zero-order chi connectivity index (χ0) is 21.5. The second kappa shape index (κ2) is 8.19. The van der Waals surface area contributed by atoms with Crippen molar-refractivity contribution in [1.82, 2.24) is 4.72 Å². The quantitative estimate of drug-likeness (QED) is 0.571. The molecule has 0 unspecified atom stereocenters. The third-order valence-electron chi connectivity index (χ3n) is 4.79. The molecule has 0 bridgehead atoms. The van der Waals surface area contributed by atoms with Gasteiger partial charge in [-0.1, -0.05) is 29.3 Å². The van der Waals surface area contributed by atoms with Gasteiger partial charge in [0.05, 0.1) is 15.6 Å². The third-order valence-corrected chi connectivity index (χ3v) is 7.09. The van der Waals surface area contributed by atoms with Crippen molar-refractivity contribution >= 4 is 56.4 Å². The number of halogens is 2. The highest BCUT2D eigenvalue weighted by Crippen LogP contribution is 2.32. The Balaban J connectivity index is 1.54. The van der Waals surface area contributed by atoms with E-state index in [-0.39, 0.29) is 38.4 Å². The van der Waals surface area contributed by atoms with Gasteiger partial charge in [0.2, 0.25) is 15.9 Å². The van der Waals surface area contributed by atoms with Crippen LogP contribution in [0.3, 0.4) is 0 Å². The van der Waals surface area contributed by atoms with Gasteiger partial charge in [0.15, 0.2) is 0 Å². The van der Waals surface area contributed by atoms with E-state index in [0.717, 1.165) is 25.7 Å². The number of amides is 2. The number of anilines is 2. The Labute approximate surface area is 184 Å². The van der Waals surface area contributed by atoms with Gasteiger partial charge in [-0.05, 0) is 56.0 Å². The number of carbonyl (C=O) groups is 2. The average molecular weight is 468 g/mol. The molecule has 2 amide bonds. The molecular weight excluding hydrogens is 449 g/mol. The van der Waals surface area contributed by atoms with Gasteiger partial charge in [-0.2, -0.15) is 0 Å². The first-order valence-corrected chi connectivity index (χ1v) is 11.7. The lowest BCUT2D eigenvalue weighted by atomic mass is 10.2. The highest BCUT2D eigenvalue weighted by molar-refractivity contribution is 7.89. The van der Waals surface area contributed by atoms with Gasteiger partial charge in [-0.3, -0.25) is 9.59 Å². The summed E-state index contributed by atoms with van der Waals surface area (Å²) in [5.41, 5.74) is 0.966. The Morgan fingerprint density at radius 3 is 2.20 bits per heavy atom. The highest BCUT2D eigenvalue weighted by atomic mass is 35.5. The van der Waals surface area contributed by atoms with Crippen LogP contribution in [0.2, 0.25) is 10.0 Å². The second-order valence-corrected chi connectivity index (χ2v) is 9.95. The molecule has 2 aliphatic carbocycles. The molecule has 0 spiro atoms. The van der Waals surface area contributed by atoms with Crippen LogP contribution in [-0.4, -0.2) is 26.3 Å². The largest absolute Gasteiger partial charge is 0.326 e. The van der Waals surface area contributed by atoms with Gasteiger partial charge in [-0.15, -0.1) is 0 Å². The molecule has 0 atom stereocenters. The summed E-state index contributed by atoms with van der Waals surface area (Å²) in [5.74, 6) is -0.580. The SMILES string of the molecule is O=C(Nc1cccc(NC(=O)C2CC2)c1)c1cc(S(=O)(=O)NC2CC2)c(Cl)cc1Cl. The molecule has 158 valence electrons. The van der Waals surface area contributed by atoms with Crippen LogP contribution >= 0.6 is 23.2 Å². The van der Waals surface area contributed by atoms with Crippen LogP contribution in [0.5, 0.6) is 0 Å². The lowest BCUT2D eigenvalue weighted by Crippen LogP contribution is -2.26. The fraction of sp³-hybridized carbons (Fsp3) is 0.300. The molecule has 0 aromatic heterocycles. The summed E-state index contributed by atoms with van der Waals surface area (Å²) in [4.78, 5) is 24.5. The summed E-state index contributed by atoms with van der Waals surface area (Å²) >= 11 is 12.2. The Morgan fingerprint density at radius 2 is 1.57 bits per heavy atom. The molecule has 30 heavy (non-hydrogen) atoms. The Kier molecular flexibility index (Phi) is 5.76. The fourth-order valence-corrected chi connectivity index (χ4v) is 5.02. The minimum absolute atomic E-state index is 0.0235. The molecule has 0 heterocycles. The van der Waals surface area contributed by atoms with Crippen molar-refractivity contribution in [3.63, 3.8) is 0 Å². The van der Waals surface area contributed by atoms with Crippen LogP contribution in [0.15, 0.2) is 41.3 Å². The van der Waals surface area contributed by atoms with E-state index in [9.17, 15) is 18.0 Å². The zero-order valence-corrected chi connectivity index (χ0v) is 18.1. The van der Waals surface area contributed by atoms with Gasteiger partial charge in [0.1, 0.15) is 4.90 Å². The highest BCUT2D eigenvalue weighted by Gasteiger charge is 2.31. The molecule has 2 fully saturated rings. The van der Waals surface area contributed by atoms with Crippen molar-refractivity contribution in [2.24, 2.45) is 5.92 Å². The number of rotatable bonds is 7. The maximum Gasteiger partial charge on any atom is 0.257 e. The van der Waals surface area contributed by atoms with Crippen molar-refractivity contribution in [1.29, 1.82) is 0 Å². The molecule has 0 saturated heterocycles. The van der Waals surface area contributed by atoms with Gasteiger partial charge >= 0.3 is 0 Å². The summed E-state index contributed by atoms with van der Waals surface area (Å²) in [6.07, 6.45) is 3.31. The van der Waals surface area contributed by atoms with Gasteiger partial charge < -0.3 is 10.6 Å². The number of hydrogen-bond acceptors (Lipinski definition) is 4. The molecule has 10 heteroatoms. The second-order valence-electron chi connectivity index (χ2n) is 7.46. The smallest absolute Gasteiger partial charge is 0.257 e. The standard InChI is InChI=1S/C20H19Cl2N3O4S/c21-16-10-17(22)18(30(28,29)25-12-6-7-12)9-15(16)20(27)24-14-3-1-2-13(8-14)23-19(26)11-4-5-11/h1-3,8-12,25H,4-7H2,(H,23,26)(H,24,27). The third kappa shape index (κ3) is 4.95. The van der Waals surface area contributed by atoms with Crippen molar-refractivity contribution in [3.05, 3.63) is 52.0 Å². The summed E-state index contributed by atoms with van der Waals surface area (Å²) < 4.78 is 27.6. The lowest BCUT2D eigenvalue weighted by molar-refractivity contribution is -0.117. The van der Waals surface area contributed by atoms with E-state index >= 15 is 0 Å². The first-order valence-electron chi connectivity index (χ1n) is 9.46. The first-order chi connectivity index (χ1) is 14.2. The van der Waals surface area contributed by atoms with Crippen LogP contribution < -0.4 is 15.4 Å². The van der Waals surface area contributed by atoms with E-state index in [1.54, 1.807) is 24.3 Å². The molecule has 3 N–H and O–H groups in total. The van der Waals surface area contributed by atoms with E-state index in [1.807, 2.05) is 0 Å². The van der Waals surface area contributed by atoms with Crippen LogP contribution in [-0.2, 0) is 14.8 Å². The van der Waals surface area contributed by atoms with Crippen molar-refractivity contribution in [2.45, 2.75) is 36.6 Å². The number of nitrogens with one attached hydrogen (secondary N) is 3. The van der Waals surface area contributed by atoms with Crippen molar-refractivity contribution < 1.29 is 18.0 Å². The Morgan fingerprint density at radius 1 is 0.900 bits per heavy atom. The van der Waals surface area contributed by atoms with Gasteiger partial charge in [0, 0.05) is 23.3 Å². The number of carbonyl (C=O) groups excluding carboxylic acids is 2. The summed E-state index contributed by atoms with van der Waals surface area (Å²) in [6.45, 7) is 0. The molecular formula is C20H19Cl2N3O4S. The zero-order valence-electron chi connectivity index (χ0n) is 15.7. The topological polar surface area (TPSA) is 104 Å². The fourth-order valence-electron chi connectivity index (χ4n) is 2.86. The van der Waals surface area contributed by atoms with E-state index < -0.39 is 15.9 Å². The van der Waals surface area contributed by atoms with Crippen molar-refractivity contribution in [2.75, 3.05) is 10.6 Å². The molecule has 0 radical (unpaired) electrons. The summed E-state index contributed by atoms with van der Waals surface area (Å²) in [6, 6.07) is 8.99. The van der Waals surface area contributed by atoms with Crippen LogP contribution in [0.4, 0.5) is 11.4 Å². The molecule has 2 aliphatic rings. The maximum absolute atomic E-state index is 12.8. The average Bonchev–Trinajstić information content (AvgIpc) is 3.56. The molecule has 4 rings (SSSR count). The Bertz CT molecular complexity index is 1130. The molecule has 7 nitrogen and oxygen atoms in total. The summed E-state index contributed by atoms with van der Waals surface area (Å²) in [7, 11) is -3.86. The first kappa shape index (κ1) is 21.1. The predicted octanol–water partition coefficient (Wildman–Crippen LogP) is 4.03. The molecule has 0 aliphatic heterocycles. The van der Waals surface area contributed by atoms with Gasteiger partial charge in [0.25, 0.3) is 5.91 Å². The molecule has 2 saturated carbocycles. The number of benzene rings is 2. The monoisotopic (exact) mass is 467 g/mol. The van der Waals surface area contributed by atoms with Gasteiger partial charge in [-0.25, -0.2) is 13.1 Å². The van der Waals surface area contributed by atoms with Crippen LogP contribution in [0.25, 0.3) is 0 Å². The van der Waals surface area contributed by atoms with Crippen LogP contribution in [0.1, 0.15) is 36.0 Å². The Hall–Kier alpha value is -2.13. The van der Waals surface area contributed by atoms with E-state index in [2.05, 4.69) is 15.4 Å². The molecule has 2 aromatic carbocycles. The predicted molar refractivity (Wildman–Crippen MR) is 116 cm³/mol. The lowest BCUT2D eigenvalue weighted by Gasteiger charge is -2.12. The van der Waals surface area contributed by atoms with E-state index in [0.29, 0.717) is 11.4 Å². The normalized spacial score (nSPS) is 16.2. The maximum atomic E-state index is 12.8. The number of sulfonamides is 1.